The molecule has 0 amide bonds. The van der Waals surface area contributed by atoms with E-state index in [9.17, 15) is 0 Å². The summed E-state index contributed by atoms with van der Waals surface area (Å²) in [6, 6.07) is 18.0. The fourth-order valence-corrected chi connectivity index (χ4v) is 2.73. The summed E-state index contributed by atoms with van der Waals surface area (Å²) < 4.78 is 0. The van der Waals surface area contributed by atoms with Crippen molar-refractivity contribution in [3.8, 4) is 11.4 Å². The summed E-state index contributed by atoms with van der Waals surface area (Å²) in [5.41, 5.74) is 5.56. The number of nitrogens with zero attached hydrogens (tertiary/aromatic N) is 4. The van der Waals surface area contributed by atoms with Crippen molar-refractivity contribution in [3.63, 3.8) is 0 Å². The Morgan fingerprint density at radius 2 is 1.62 bits per heavy atom. The first-order valence-corrected chi connectivity index (χ1v) is 8.67. The minimum absolute atomic E-state index is 0.777. The second-order valence-electron chi connectivity index (χ2n) is 5.96. The van der Waals surface area contributed by atoms with Gasteiger partial charge in [0.1, 0.15) is 12.8 Å². The molecule has 5 nitrogen and oxygen atoms in total. The summed E-state index contributed by atoms with van der Waals surface area (Å²) >= 11 is 0. The molecule has 0 saturated carbocycles. The lowest BCUT2D eigenvalue weighted by molar-refractivity contribution is 0.213. The number of rotatable bonds is 7. The average Bonchev–Trinajstić information content (AvgIpc) is 2.69. The van der Waals surface area contributed by atoms with Crippen LogP contribution in [0.5, 0.6) is 0 Å². The molecule has 0 radical (unpaired) electrons. The maximum atomic E-state index is 4.82. The Morgan fingerprint density at radius 1 is 0.885 bits per heavy atom. The fraction of sp³-hybridized carbons (Fsp3) is 0.238. The van der Waals surface area contributed by atoms with Crippen molar-refractivity contribution in [3.05, 3.63) is 77.9 Å². The van der Waals surface area contributed by atoms with E-state index in [-0.39, 0.29) is 0 Å². The van der Waals surface area contributed by atoms with Crippen molar-refractivity contribution in [2.45, 2.75) is 26.2 Å². The fourth-order valence-electron chi connectivity index (χ4n) is 2.73. The summed E-state index contributed by atoms with van der Waals surface area (Å²) in [6.45, 7) is 1.89. The molecule has 0 fully saturated rings. The standard InChI is InChI=1S/C21H22N4O/c1-16(25-26-2)19-13-6-10-17(23-19)8-5-9-18-11-7-14-21(24-18)20-12-3-4-15-22-20/h3-4,6-7,10-15H,5,8-9H2,1-2H3. The monoisotopic (exact) mass is 346 g/mol. The lowest BCUT2D eigenvalue weighted by Gasteiger charge is -2.06. The van der Waals surface area contributed by atoms with E-state index in [2.05, 4.69) is 21.2 Å². The zero-order valence-electron chi connectivity index (χ0n) is 15.1. The van der Waals surface area contributed by atoms with Crippen LogP contribution in [-0.2, 0) is 17.7 Å². The van der Waals surface area contributed by atoms with E-state index in [4.69, 9.17) is 9.82 Å². The van der Waals surface area contributed by atoms with E-state index < -0.39 is 0 Å². The molecule has 26 heavy (non-hydrogen) atoms. The number of pyridine rings is 3. The zero-order valence-corrected chi connectivity index (χ0v) is 15.1. The molecular weight excluding hydrogens is 324 g/mol. The van der Waals surface area contributed by atoms with Crippen LogP contribution in [0.2, 0.25) is 0 Å². The smallest absolute Gasteiger partial charge is 0.106 e. The Hall–Kier alpha value is -3.08. The van der Waals surface area contributed by atoms with Gasteiger partial charge in [-0.1, -0.05) is 23.4 Å². The van der Waals surface area contributed by atoms with Crippen LogP contribution in [0.1, 0.15) is 30.4 Å². The van der Waals surface area contributed by atoms with E-state index in [1.54, 1.807) is 13.3 Å². The predicted octanol–water partition coefficient (Wildman–Crippen LogP) is 4.08. The van der Waals surface area contributed by atoms with Gasteiger partial charge in [0, 0.05) is 17.6 Å². The van der Waals surface area contributed by atoms with Gasteiger partial charge in [-0.25, -0.2) is 0 Å². The highest BCUT2D eigenvalue weighted by Gasteiger charge is 2.04. The van der Waals surface area contributed by atoms with Crippen LogP contribution < -0.4 is 0 Å². The first-order chi connectivity index (χ1) is 12.8. The Kier molecular flexibility index (Phi) is 6.04. The molecule has 0 N–H and O–H groups in total. The number of hydrogen-bond acceptors (Lipinski definition) is 5. The molecule has 3 heterocycles. The van der Waals surface area contributed by atoms with Crippen LogP contribution in [-0.4, -0.2) is 27.8 Å². The highest BCUT2D eigenvalue weighted by molar-refractivity contribution is 5.96. The van der Waals surface area contributed by atoms with Gasteiger partial charge in [-0.2, -0.15) is 0 Å². The first kappa shape index (κ1) is 17.7. The third-order valence-electron chi connectivity index (χ3n) is 4.01. The van der Waals surface area contributed by atoms with Gasteiger partial charge in [-0.05, 0) is 62.6 Å². The molecule has 3 aromatic heterocycles. The van der Waals surface area contributed by atoms with Gasteiger partial charge in [-0.3, -0.25) is 15.0 Å². The van der Waals surface area contributed by atoms with Gasteiger partial charge < -0.3 is 4.84 Å². The van der Waals surface area contributed by atoms with Gasteiger partial charge in [0.25, 0.3) is 0 Å². The molecule has 0 spiro atoms. The van der Waals surface area contributed by atoms with Gasteiger partial charge in [0.05, 0.1) is 17.1 Å². The molecule has 5 heteroatoms. The average molecular weight is 346 g/mol. The van der Waals surface area contributed by atoms with Crippen molar-refractivity contribution in [2.24, 2.45) is 5.16 Å². The molecule has 0 unspecified atom stereocenters. The summed E-state index contributed by atoms with van der Waals surface area (Å²) in [5.74, 6) is 0. The van der Waals surface area contributed by atoms with Crippen LogP contribution in [0, 0.1) is 0 Å². The van der Waals surface area contributed by atoms with E-state index in [1.807, 2.05) is 55.5 Å². The third-order valence-corrected chi connectivity index (χ3v) is 4.01. The molecule has 0 aromatic carbocycles. The summed E-state index contributed by atoms with van der Waals surface area (Å²) in [7, 11) is 1.54. The zero-order chi connectivity index (χ0) is 18.2. The van der Waals surface area contributed by atoms with Crippen LogP contribution in [0.4, 0.5) is 0 Å². The summed E-state index contributed by atoms with van der Waals surface area (Å²) in [4.78, 5) is 18.6. The number of oxime groups is 1. The molecule has 0 aliphatic rings. The third kappa shape index (κ3) is 4.72. The highest BCUT2D eigenvalue weighted by atomic mass is 16.6. The molecular formula is C21H22N4O. The van der Waals surface area contributed by atoms with Crippen LogP contribution in [0.15, 0.2) is 65.9 Å². The molecule has 0 bridgehead atoms. The highest BCUT2D eigenvalue weighted by Crippen LogP contribution is 2.15. The number of aryl methyl sites for hydroxylation is 2. The molecule has 3 rings (SSSR count). The second kappa shape index (κ2) is 8.85. The van der Waals surface area contributed by atoms with E-state index in [1.165, 1.54) is 0 Å². The van der Waals surface area contributed by atoms with Gasteiger partial charge in [0.15, 0.2) is 0 Å². The Balaban J connectivity index is 1.62. The molecule has 0 atom stereocenters. The molecule has 0 aliphatic carbocycles. The second-order valence-corrected chi connectivity index (χ2v) is 5.96. The van der Waals surface area contributed by atoms with Gasteiger partial charge in [0.2, 0.25) is 0 Å². The van der Waals surface area contributed by atoms with E-state index in [0.29, 0.717) is 0 Å². The largest absolute Gasteiger partial charge is 0.399 e. The Labute approximate surface area is 153 Å². The predicted molar refractivity (Wildman–Crippen MR) is 103 cm³/mol. The van der Waals surface area contributed by atoms with Gasteiger partial charge >= 0.3 is 0 Å². The van der Waals surface area contributed by atoms with Crippen molar-refractivity contribution in [2.75, 3.05) is 7.11 Å². The molecule has 3 aromatic rings. The van der Waals surface area contributed by atoms with Crippen molar-refractivity contribution < 1.29 is 4.84 Å². The first-order valence-electron chi connectivity index (χ1n) is 8.67. The summed E-state index contributed by atoms with van der Waals surface area (Å²) in [6.07, 6.45) is 4.56. The molecule has 132 valence electrons. The summed E-state index contributed by atoms with van der Waals surface area (Å²) in [5, 5.41) is 3.94. The normalized spacial score (nSPS) is 11.4. The topological polar surface area (TPSA) is 60.3 Å². The van der Waals surface area contributed by atoms with E-state index >= 15 is 0 Å². The Bertz CT molecular complexity index is 878. The quantitative estimate of drug-likeness (QED) is 0.478. The maximum absolute atomic E-state index is 4.82. The molecule has 0 aliphatic heterocycles. The van der Waals surface area contributed by atoms with Crippen molar-refractivity contribution in [1.82, 2.24) is 15.0 Å². The lowest BCUT2D eigenvalue weighted by Crippen LogP contribution is -2.03. The van der Waals surface area contributed by atoms with Crippen LogP contribution in [0.3, 0.4) is 0 Å². The minimum Gasteiger partial charge on any atom is -0.399 e. The van der Waals surface area contributed by atoms with Crippen molar-refractivity contribution in [1.29, 1.82) is 0 Å². The Morgan fingerprint density at radius 3 is 2.35 bits per heavy atom. The van der Waals surface area contributed by atoms with E-state index in [0.717, 1.165) is 53.4 Å². The maximum Gasteiger partial charge on any atom is 0.106 e. The van der Waals surface area contributed by atoms with Gasteiger partial charge in [-0.15, -0.1) is 0 Å². The SMILES string of the molecule is CON=C(C)c1cccc(CCCc2cccc(-c3ccccn3)n2)n1. The van der Waals surface area contributed by atoms with Crippen LogP contribution >= 0.6 is 0 Å². The number of hydrogen-bond donors (Lipinski definition) is 0. The minimum atomic E-state index is 0.777. The number of aromatic nitrogens is 3. The molecule has 0 saturated heterocycles. The van der Waals surface area contributed by atoms with Crippen molar-refractivity contribution >= 4 is 5.71 Å². The lowest BCUT2D eigenvalue weighted by atomic mass is 10.1. The van der Waals surface area contributed by atoms with Crippen LogP contribution in [0.25, 0.3) is 11.4 Å².